The molecule has 5 aromatic rings. The summed E-state index contributed by atoms with van der Waals surface area (Å²) in [6, 6.07) is 42.3. The highest BCUT2D eigenvalue weighted by atomic mass is 31.1. The van der Waals surface area contributed by atoms with Gasteiger partial charge in [-0.1, -0.05) is 103 Å². The fraction of sp³-hybridized carbons (Fsp3) is 0.0345. The van der Waals surface area contributed by atoms with Gasteiger partial charge >= 0.3 is 0 Å². The maximum atomic E-state index is 5.13. The highest BCUT2D eigenvalue weighted by molar-refractivity contribution is 7.80. The fourth-order valence-corrected chi connectivity index (χ4v) is 6.27. The van der Waals surface area contributed by atoms with E-state index < -0.39 is 7.92 Å². The fourth-order valence-electron chi connectivity index (χ4n) is 3.85. The number of rotatable bonds is 5. The number of aliphatic imine (C=N–C) groups is 1. The number of pyridine rings is 1. The predicted octanol–water partition coefficient (Wildman–Crippen LogP) is 6.13. The average Bonchev–Trinajstić information content (AvgIpc) is 2.86. The lowest BCUT2D eigenvalue weighted by molar-refractivity contribution is 1.34. The van der Waals surface area contributed by atoms with Crippen molar-refractivity contribution in [1.29, 1.82) is 0 Å². The Balaban J connectivity index is 1.68. The SMILES string of the molecule is CC(=Nc1ccccc1)c1ccc2cccc(P(c3ccccc3)c3ccccc3)c2n1. The minimum atomic E-state index is -0.728. The van der Waals surface area contributed by atoms with E-state index >= 15 is 0 Å². The molecule has 0 fully saturated rings. The van der Waals surface area contributed by atoms with Crippen LogP contribution in [-0.2, 0) is 0 Å². The molecule has 0 amide bonds. The van der Waals surface area contributed by atoms with Crippen LogP contribution >= 0.6 is 7.92 Å². The van der Waals surface area contributed by atoms with Crippen LogP contribution in [0.3, 0.4) is 0 Å². The van der Waals surface area contributed by atoms with Gasteiger partial charge in [0.1, 0.15) is 0 Å². The van der Waals surface area contributed by atoms with Gasteiger partial charge in [0, 0.05) is 10.7 Å². The van der Waals surface area contributed by atoms with Gasteiger partial charge in [0.25, 0.3) is 0 Å². The third-order valence-corrected chi connectivity index (χ3v) is 7.86. The van der Waals surface area contributed by atoms with Crippen LogP contribution in [0, 0.1) is 0 Å². The molecule has 0 unspecified atom stereocenters. The van der Waals surface area contributed by atoms with E-state index in [9.17, 15) is 0 Å². The summed E-state index contributed by atoms with van der Waals surface area (Å²) in [5.74, 6) is 0. The zero-order chi connectivity index (χ0) is 21.8. The number of nitrogens with zero attached hydrogens (tertiary/aromatic N) is 2. The lowest BCUT2D eigenvalue weighted by atomic mass is 10.1. The molecule has 1 heterocycles. The Hall–Kier alpha value is -3.61. The summed E-state index contributed by atoms with van der Waals surface area (Å²) in [6.07, 6.45) is 0. The van der Waals surface area contributed by atoms with Gasteiger partial charge in [-0.2, -0.15) is 0 Å². The molecule has 0 bridgehead atoms. The molecule has 0 N–H and O–H groups in total. The largest absolute Gasteiger partial charge is 0.252 e. The first-order valence-electron chi connectivity index (χ1n) is 10.7. The number of hydrogen-bond donors (Lipinski definition) is 0. The number of hydrogen-bond acceptors (Lipinski definition) is 2. The van der Waals surface area contributed by atoms with E-state index in [4.69, 9.17) is 9.98 Å². The highest BCUT2D eigenvalue weighted by Gasteiger charge is 2.19. The topological polar surface area (TPSA) is 25.2 Å². The van der Waals surface area contributed by atoms with Crippen molar-refractivity contribution in [3.63, 3.8) is 0 Å². The van der Waals surface area contributed by atoms with Gasteiger partial charge in [-0.15, -0.1) is 0 Å². The minimum absolute atomic E-state index is 0.728. The van der Waals surface area contributed by atoms with Crippen LogP contribution in [0.4, 0.5) is 5.69 Å². The molecule has 0 aliphatic rings. The van der Waals surface area contributed by atoms with Crippen LogP contribution in [0.25, 0.3) is 10.9 Å². The van der Waals surface area contributed by atoms with Crippen molar-refractivity contribution >= 4 is 46.1 Å². The van der Waals surface area contributed by atoms with E-state index in [1.807, 2.05) is 37.3 Å². The van der Waals surface area contributed by atoms with E-state index in [0.717, 1.165) is 28.0 Å². The Morgan fingerprint density at radius 3 is 1.84 bits per heavy atom. The van der Waals surface area contributed by atoms with Crippen LogP contribution in [0.1, 0.15) is 12.6 Å². The monoisotopic (exact) mass is 430 g/mol. The lowest BCUT2D eigenvalue weighted by Crippen LogP contribution is -2.22. The zero-order valence-corrected chi connectivity index (χ0v) is 18.8. The highest BCUT2D eigenvalue weighted by Crippen LogP contribution is 2.35. The summed E-state index contributed by atoms with van der Waals surface area (Å²) in [5, 5.41) is 5.06. The summed E-state index contributed by atoms with van der Waals surface area (Å²) in [7, 11) is -0.728. The zero-order valence-electron chi connectivity index (χ0n) is 17.9. The normalized spacial score (nSPS) is 11.8. The molecule has 0 saturated heterocycles. The molecule has 5 rings (SSSR count). The molecule has 2 nitrogen and oxygen atoms in total. The summed E-state index contributed by atoms with van der Waals surface area (Å²) < 4.78 is 0. The van der Waals surface area contributed by atoms with Crippen LogP contribution in [-0.4, -0.2) is 10.7 Å². The van der Waals surface area contributed by atoms with E-state index in [0.29, 0.717) is 0 Å². The number of fused-ring (bicyclic) bond motifs is 1. The van der Waals surface area contributed by atoms with Crippen molar-refractivity contribution < 1.29 is 0 Å². The molecular weight excluding hydrogens is 407 g/mol. The Kier molecular flexibility index (Phi) is 5.87. The van der Waals surface area contributed by atoms with E-state index in [2.05, 4.69) is 91.0 Å². The molecule has 0 aliphatic heterocycles. The van der Waals surface area contributed by atoms with Crippen molar-refractivity contribution in [3.8, 4) is 0 Å². The van der Waals surface area contributed by atoms with Crippen molar-refractivity contribution in [2.45, 2.75) is 6.92 Å². The molecule has 154 valence electrons. The van der Waals surface area contributed by atoms with Crippen molar-refractivity contribution in [2.24, 2.45) is 4.99 Å². The van der Waals surface area contributed by atoms with Gasteiger partial charge in [-0.3, -0.25) is 4.99 Å². The molecule has 0 atom stereocenters. The second kappa shape index (κ2) is 9.26. The first kappa shape index (κ1) is 20.3. The van der Waals surface area contributed by atoms with E-state index in [1.54, 1.807) is 0 Å². The third kappa shape index (κ3) is 4.23. The summed E-state index contributed by atoms with van der Waals surface area (Å²) in [5.41, 5.74) is 3.81. The van der Waals surface area contributed by atoms with Gasteiger partial charge in [0.15, 0.2) is 0 Å². The molecule has 32 heavy (non-hydrogen) atoms. The van der Waals surface area contributed by atoms with E-state index in [1.165, 1.54) is 15.9 Å². The Bertz CT molecular complexity index is 1320. The Morgan fingerprint density at radius 1 is 0.625 bits per heavy atom. The molecular formula is C29H23N2P. The molecule has 1 aromatic heterocycles. The Morgan fingerprint density at radius 2 is 1.22 bits per heavy atom. The first-order chi connectivity index (χ1) is 15.8. The maximum Gasteiger partial charge on any atom is 0.0849 e. The Labute approximate surface area is 190 Å². The lowest BCUT2D eigenvalue weighted by Gasteiger charge is -2.20. The second-order valence-corrected chi connectivity index (χ2v) is 9.77. The van der Waals surface area contributed by atoms with Crippen LogP contribution in [0.2, 0.25) is 0 Å². The van der Waals surface area contributed by atoms with Crippen LogP contribution in [0.5, 0.6) is 0 Å². The molecule has 0 saturated carbocycles. The predicted molar refractivity (Wildman–Crippen MR) is 139 cm³/mol. The third-order valence-electron chi connectivity index (χ3n) is 5.39. The average molecular weight is 430 g/mol. The summed E-state index contributed by atoms with van der Waals surface area (Å²) in [6.45, 7) is 2.03. The second-order valence-electron chi connectivity index (χ2n) is 7.58. The summed E-state index contributed by atoms with van der Waals surface area (Å²) >= 11 is 0. The van der Waals surface area contributed by atoms with Gasteiger partial charge in [-0.05, 0) is 43.7 Å². The number of para-hydroxylation sites is 2. The van der Waals surface area contributed by atoms with Gasteiger partial charge in [0.2, 0.25) is 0 Å². The molecule has 4 aromatic carbocycles. The smallest absolute Gasteiger partial charge is 0.0849 e. The van der Waals surface area contributed by atoms with Crippen molar-refractivity contribution in [1.82, 2.24) is 4.98 Å². The quantitative estimate of drug-likeness (QED) is 0.243. The van der Waals surface area contributed by atoms with E-state index in [-0.39, 0.29) is 0 Å². The minimum Gasteiger partial charge on any atom is -0.252 e. The molecule has 0 aliphatic carbocycles. The first-order valence-corrected chi connectivity index (χ1v) is 12.0. The van der Waals surface area contributed by atoms with Gasteiger partial charge in [0.05, 0.1) is 22.6 Å². The number of benzene rings is 4. The molecule has 3 heteroatoms. The van der Waals surface area contributed by atoms with Crippen molar-refractivity contribution in [3.05, 3.63) is 127 Å². The van der Waals surface area contributed by atoms with Gasteiger partial charge in [-0.25, -0.2) is 4.98 Å². The maximum absolute atomic E-state index is 5.13. The molecule has 0 radical (unpaired) electrons. The standard InChI is InChI=1S/C29H23N2P/c1-22(30-24-13-5-2-6-14-24)27-21-20-23-12-11-19-28(29(23)31-27)32(25-15-7-3-8-16-25)26-17-9-4-10-18-26/h2-21H,1H3. The summed E-state index contributed by atoms with van der Waals surface area (Å²) in [4.78, 5) is 9.91. The van der Waals surface area contributed by atoms with Crippen LogP contribution < -0.4 is 15.9 Å². The van der Waals surface area contributed by atoms with Crippen molar-refractivity contribution in [2.75, 3.05) is 0 Å². The molecule has 0 spiro atoms. The number of aromatic nitrogens is 1. The van der Waals surface area contributed by atoms with Gasteiger partial charge < -0.3 is 0 Å². The van der Waals surface area contributed by atoms with Crippen LogP contribution in [0.15, 0.2) is 126 Å².